The van der Waals surface area contributed by atoms with Gasteiger partial charge in [-0.25, -0.2) is 0 Å². The topological polar surface area (TPSA) is 0 Å². The Bertz CT molecular complexity index is 245. The Hall–Kier alpha value is 0.430. The van der Waals surface area contributed by atoms with E-state index >= 15 is 0 Å². The third kappa shape index (κ3) is 2.75. The lowest BCUT2D eigenvalue weighted by molar-refractivity contribution is 1.16. The maximum Gasteiger partial charge on any atom is 0.0162 e. The van der Waals surface area contributed by atoms with Crippen LogP contribution in [-0.4, -0.2) is 5.33 Å². The Balaban J connectivity index is 2.86. The highest BCUT2D eigenvalue weighted by Gasteiger charge is 1.95. The van der Waals surface area contributed by atoms with Crippen LogP contribution in [0.5, 0.6) is 0 Å². The molecule has 0 aliphatic rings. The summed E-state index contributed by atoms with van der Waals surface area (Å²) in [7, 11) is 0. The van der Waals surface area contributed by atoms with E-state index in [4.69, 9.17) is 0 Å². The van der Waals surface area contributed by atoms with Gasteiger partial charge in [0, 0.05) is 8.90 Å². The fourth-order valence-corrected chi connectivity index (χ4v) is 1.94. The molecule has 0 nitrogen and oxygen atoms in total. The Morgan fingerprint density at radius 3 is 2.73 bits per heavy atom. The molecule has 1 aromatic rings. The van der Waals surface area contributed by atoms with Gasteiger partial charge in [-0.05, 0) is 53.1 Å². The molecule has 0 aliphatic heterocycles. The number of alkyl halides is 1. The molecular formula is C9H10BrI. The molecule has 1 aromatic carbocycles. The van der Waals surface area contributed by atoms with Crippen molar-refractivity contribution >= 4 is 38.5 Å². The zero-order valence-electron chi connectivity index (χ0n) is 6.40. The lowest BCUT2D eigenvalue weighted by Crippen LogP contribution is -1.88. The van der Waals surface area contributed by atoms with E-state index in [0.717, 1.165) is 11.8 Å². The fraction of sp³-hybridized carbons (Fsp3) is 0.333. The second-order valence-corrected chi connectivity index (χ2v) is 4.48. The molecule has 0 spiro atoms. The highest BCUT2D eigenvalue weighted by Crippen LogP contribution is 2.14. The van der Waals surface area contributed by atoms with Gasteiger partial charge in [0.2, 0.25) is 0 Å². The molecule has 0 saturated carbocycles. The molecule has 0 heterocycles. The molecule has 0 amide bonds. The molecular weight excluding hydrogens is 315 g/mol. The van der Waals surface area contributed by atoms with Crippen molar-refractivity contribution in [1.29, 1.82) is 0 Å². The quantitative estimate of drug-likeness (QED) is 0.576. The summed E-state index contributed by atoms with van der Waals surface area (Å²) in [6, 6.07) is 6.62. The van der Waals surface area contributed by atoms with Crippen molar-refractivity contribution in [3.63, 3.8) is 0 Å². The maximum atomic E-state index is 3.43. The van der Waals surface area contributed by atoms with Gasteiger partial charge in [0.05, 0.1) is 0 Å². The number of benzene rings is 1. The van der Waals surface area contributed by atoms with Crippen LogP contribution in [0, 0.1) is 10.5 Å². The van der Waals surface area contributed by atoms with E-state index in [1.165, 1.54) is 14.7 Å². The minimum atomic E-state index is 1.05. The average Bonchev–Trinajstić information content (AvgIpc) is 1.98. The zero-order valence-corrected chi connectivity index (χ0v) is 10.1. The molecule has 0 aliphatic carbocycles. The van der Waals surface area contributed by atoms with Gasteiger partial charge in [-0.3, -0.25) is 0 Å². The van der Waals surface area contributed by atoms with E-state index in [2.05, 4.69) is 63.6 Å². The second kappa shape index (κ2) is 4.45. The molecule has 2 heteroatoms. The molecule has 0 atom stereocenters. The first kappa shape index (κ1) is 9.52. The van der Waals surface area contributed by atoms with Crippen molar-refractivity contribution in [1.82, 2.24) is 0 Å². The second-order valence-electron chi connectivity index (χ2n) is 2.52. The van der Waals surface area contributed by atoms with Crippen LogP contribution in [0.3, 0.4) is 0 Å². The van der Waals surface area contributed by atoms with Crippen LogP contribution in [-0.2, 0) is 6.42 Å². The van der Waals surface area contributed by atoms with Gasteiger partial charge in [0.1, 0.15) is 0 Å². The van der Waals surface area contributed by atoms with Gasteiger partial charge in [-0.1, -0.05) is 28.1 Å². The predicted octanol–water partition coefficient (Wildman–Crippen LogP) is 3.54. The van der Waals surface area contributed by atoms with E-state index in [-0.39, 0.29) is 0 Å². The Kier molecular flexibility index (Phi) is 3.85. The van der Waals surface area contributed by atoms with Crippen molar-refractivity contribution in [2.75, 3.05) is 5.33 Å². The molecule has 0 fully saturated rings. The number of aryl methyl sites for hydroxylation is 2. The van der Waals surface area contributed by atoms with E-state index in [1.807, 2.05) is 0 Å². The first-order chi connectivity index (χ1) is 5.24. The molecule has 0 bridgehead atoms. The molecule has 11 heavy (non-hydrogen) atoms. The van der Waals surface area contributed by atoms with Gasteiger partial charge < -0.3 is 0 Å². The summed E-state index contributed by atoms with van der Waals surface area (Å²) in [5.74, 6) is 0. The minimum absolute atomic E-state index is 1.05. The third-order valence-corrected chi connectivity index (χ3v) is 3.18. The minimum Gasteiger partial charge on any atom is -0.0924 e. The van der Waals surface area contributed by atoms with Gasteiger partial charge >= 0.3 is 0 Å². The molecule has 60 valence electrons. The number of halogens is 2. The summed E-state index contributed by atoms with van der Waals surface area (Å²) in [5, 5.41) is 1.05. The largest absolute Gasteiger partial charge is 0.0924 e. The smallest absolute Gasteiger partial charge is 0.0162 e. The maximum absolute atomic E-state index is 3.43. The Labute approximate surface area is 89.7 Å². The summed E-state index contributed by atoms with van der Waals surface area (Å²) < 4.78 is 1.36. The summed E-state index contributed by atoms with van der Waals surface area (Å²) in [5.41, 5.74) is 2.78. The summed E-state index contributed by atoms with van der Waals surface area (Å²) in [4.78, 5) is 0. The van der Waals surface area contributed by atoms with Gasteiger partial charge in [0.25, 0.3) is 0 Å². The van der Waals surface area contributed by atoms with Crippen molar-refractivity contribution < 1.29 is 0 Å². The van der Waals surface area contributed by atoms with Crippen LogP contribution in [0.1, 0.15) is 11.1 Å². The van der Waals surface area contributed by atoms with Crippen LogP contribution in [0.4, 0.5) is 0 Å². The first-order valence-electron chi connectivity index (χ1n) is 3.55. The molecule has 1 rings (SSSR count). The fourth-order valence-electron chi connectivity index (χ4n) is 0.901. The van der Waals surface area contributed by atoms with E-state index in [0.29, 0.717) is 0 Å². The normalized spacial score (nSPS) is 10.1. The summed E-state index contributed by atoms with van der Waals surface area (Å²) >= 11 is 5.80. The summed E-state index contributed by atoms with van der Waals surface area (Å²) in [6.45, 7) is 2.14. The zero-order chi connectivity index (χ0) is 8.27. The van der Waals surface area contributed by atoms with Gasteiger partial charge in [0.15, 0.2) is 0 Å². The highest BCUT2D eigenvalue weighted by molar-refractivity contribution is 14.1. The van der Waals surface area contributed by atoms with Crippen molar-refractivity contribution in [3.8, 4) is 0 Å². The standard InChI is InChI=1S/C9H10BrI/c1-7-2-3-8(4-5-10)6-9(7)11/h2-3,6H,4-5H2,1H3. The van der Waals surface area contributed by atoms with Crippen LogP contribution in [0.15, 0.2) is 18.2 Å². The van der Waals surface area contributed by atoms with Crippen LogP contribution in [0.2, 0.25) is 0 Å². The third-order valence-electron chi connectivity index (χ3n) is 1.62. The molecule has 0 N–H and O–H groups in total. The lowest BCUT2D eigenvalue weighted by Gasteiger charge is -2.01. The van der Waals surface area contributed by atoms with E-state index in [9.17, 15) is 0 Å². The lowest BCUT2D eigenvalue weighted by atomic mass is 10.1. The molecule has 0 aromatic heterocycles. The Morgan fingerprint density at radius 1 is 1.45 bits per heavy atom. The van der Waals surface area contributed by atoms with Crippen molar-refractivity contribution in [3.05, 3.63) is 32.9 Å². The van der Waals surface area contributed by atoms with E-state index < -0.39 is 0 Å². The average molecular weight is 325 g/mol. The highest BCUT2D eigenvalue weighted by atomic mass is 127. The first-order valence-corrected chi connectivity index (χ1v) is 5.75. The molecule has 0 unspecified atom stereocenters. The number of hydrogen-bond acceptors (Lipinski definition) is 0. The van der Waals surface area contributed by atoms with Crippen LogP contribution < -0.4 is 0 Å². The van der Waals surface area contributed by atoms with Crippen molar-refractivity contribution in [2.45, 2.75) is 13.3 Å². The van der Waals surface area contributed by atoms with Crippen LogP contribution in [0.25, 0.3) is 0 Å². The SMILES string of the molecule is Cc1ccc(CCBr)cc1I. The number of rotatable bonds is 2. The number of hydrogen-bond donors (Lipinski definition) is 0. The van der Waals surface area contributed by atoms with Crippen molar-refractivity contribution in [2.24, 2.45) is 0 Å². The van der Waals surface area contributed by atoms with E-state index in [1.54, 1.807) is 0 Å². The summed E-state index contributed by atoms with van der Waals surface area (Å²) in [6.07, 6.45) is 1.12. The van der Waals surface area contributed by atoms with Gasteiger partial charge in [-0.15, -0.1) is 0 Å². The predicted molar refractivity (Wildman–Crippen MR) is 61.4 cm³/mol. The Morgan fingerprint density at radius 2 is 2.18 bits per heavy atom. The monoisotopic (exact) mass is 324 g/mol. The van der Waals surface area contributed by atoms with Crippen LogP contribution >= 0.6 is 38.5 Å². The molecule has 0 radical (unpaired) electrons. The molecule has 0 saturated heterocycles. The van der Waals surface area contributed by atoms with Gasteiger partial charge in [-0.2, -0.15) is 0 Å².